The summed E-state index contributed by atoms with van der Waals surface area (Å²) in [6.45, 7) is 5.82. The number of benzene rings is 4. The fourth-order valence-electron chi connectivity index (χ4n) is 5.40. The highest BCUT2D eigenvalue weighted by Gasteiger charge is 2.35. The first kappa shape index (κ1) is 29.6. The predicted molar refractivity (Wildman–Crippen MR) is 157 cm³/mol. The average molecular weight is 589 g/mol. The highest BCUT2D eigenvalue weighted by molar-refractivity contribution is 5.99. The molecule has 1 atom stereocenters. The van der Waals surface area contributed by atoms with E-state index in [0.717, 1.165) is 45.4 Å². The van der Waals surface area contributed by atoms with Crippen LogP contribution in [0, 0.1) is 19.7 Å². The normalized spacial score (nSPS) is 12.3. The summed E-state index contributed by atoms with van der Waals surface area (Å²) in [5.74, 6) is -2.39. The van der Waals surface area contributed by atoms with Crippen LogP contribution >= 0.6 is 0 Å². The molecule has 5 rings (SSSR count). The van der Waals surface area contributed by atoms with Crippen molar-refractivity contribution in [2.45, 2.75) is 39.5 Å². The summed E-state index contributed by atoms with van der Waals surface area (Å²) in [5.41, 5.74) is 4.37. The number of nitrogens with one attached hydrogen (secondary N) is 1. The van der Waals surface area contributed by atoms with Crippen molar-refractivity contribution in [2.75, 3.05) is 0 Å². The SMILES string of the molecule is Cc1c(C)n(Cc2ccc(-c3ccccc3C(=O)O)cc2)c2ccc(C(=O)NC(C)c3cc(F)ccc3C(F)(F)F)cc12. The van der Waals surface area contributed by atoms with E-state index in [1.54, 1.807) is 42.5 Å². The van der Waals surface area contributed by atoms with Gasteiger partial charge in [0.1, 0.15) is 5.82 Å². The second kappa shape index (κ2) is 11.4. The Labute approximate surface area is 245 Å². The van der Waals surface area contributed by atoms with Crippen LogP contribution in [0.1, 0.15) is 61.6 Å². The molecule has 0 bridgehead atoms. The van der Waals surface area contributed by atoms with Gasteiger partial charge >= 0.3 is 12.1 Å². The molecule has 5 nitrogen and oxygen atoms in total. The molecule has 1 heterocycles. The van der Waals surface area contributed by atoms with E-state index in [1.807, 2.05) is 38.1 Å². The zero-order valence-electron chi connectivity index (χ0n) is 23.6. The number of hydrogen-bond acceptors (Lipinski definition) is 2. The lowest BCUT2D eigenvalue weighted by molar-refractivity contribution is -0.138. The molecule has 1 amide bonds. The maximum absolute atomic E-state index is 13.8. The molecule has 1 aromatic heterocycles. The van der Waals surface area contributed by atoms with Gasteiger partial charge < -0.3 is 15.0 Å². The molecule has 0 radical (unpaired) electrons. The number of alkyl halides is 3. The molecular weight excluding hydrogens is 560 g/mol. The van der Waals surface area contributed by atoms with Gasteiger partial charge in [-0.25, -0.2) is 9.18 Å². The topological polar surface area (TPSA) is 71.3 Å². The molecule has 0 saturated carbocycles. The Kier molecular flexibility index (Phi) is 7.84. The molecule has 5 aromatic rings. The van der Waals surface area contributed by atoms with Gasteiger partial charge in [-0.05, 0) is 91.1 Å². The maximum atomic E-state index is 13.8. The summed E-state index contributed by atoms with van der Waals surface area (Å²) in [5, 5.41) is 12.9. The number of aromatic nitrogens is 1. The summed E-state index contributed by atoms with van der Waals surface area (Å²) in [4.78, 5) is 24.7. The number of aromatic carboxylic acids is 1. The molecule has 0 spiro atoms. The lowest BCUT2D eigenvalue weighted by Crippen LogP contribution is -2.28. The first-order chi connectivity index (χ1) is 20.3. The fourth-order valence-corrected chi connectivity index (χ4v) is 5.40. The third-order valence-electron chi connectivity index (χ3n) is 7.80. The molecule has 0 fully saturated rings. The number of amides is 1. The summed E-state index contributed by atoms with van der Waals surface area (Å²) in [6, 6.07) is 20.7. The maximum Gasteiger partial charge on any atom is 0.416 e. The van der Waals surface area contributed by atoms with Gasteiger partial charge in [0.2, 0.25) is 0 Å². The highest BCUT2D eigenvalue weighted by Crippen LogP contribution is 2.35. The molecular formula is C34H28F4N2O3. The standard InChI is InChI=1S/C34H28F4N2O3/c1-19-21(3)40(18-22-8-10-23(11-9-22)26-6-4-5-7-27(26)33(42)43)31-15-12-24(16-28(19)31)32(41)39-20(2)29-17-25(35)13-14-30(29)34(36,37)38/h4-17,20H,18H2,1-3H3,(H,39,41)(H,42,43). The van der Waals surface area contributed by atoms with Crippen LogP contribution in [0.2, 0.25) is 0 Å². The van der Waals surface area contributed by atoms with Crippen LogP contribution in [0.5, 0.6) is 0 Å². The summed E-state index contributed by atoms with van der Waals surface area (Å²) >= 11 is 0. The second-order valence-electron chi connectivity index (χ2n) is 10.5. The highest BCUT2D eigenvalue weighted by atomic mass is 19.4. The molecule has 4 aromatic carbocycles. The Balaban J connectivity index is 1.39. The Hall–Kier alpha value is -4.92. The van der Waals surface area contributed by atoms with Crippen LogP contribution in [0.4, 0.5) is 17.6 Å². The van der Waals surface area contributed by atoms with Gasteiger partial charge in [-0.15, -0.1) is 0 Å². The van der Waals surface area contributed by atoms with Gasteiger partial charge in [0.05, 0.1) is 17.2 Å². The number of fused-ring (bicyclic) bond motifs is 1. The molecule has 0 aliphatic heterocycles. The smallest absolute Gasteiger partial charge is 0.416 e. The number of carboxylic acid groups (broad SMARTS) is 1. The first-order valence-electron chi connectivity index (χ1n) is 13.5. The molecule has 43 heavy (non-hydrogen) atoms. The molecule has 1 unspecified atom stereocenters. The van der Waals surface area contributed by atoms with Gasteiger partial charge in [-0.1, -0.05) is 42.5 Å². The quantitative estimate of drug-likeness (QED) is 0.188. The molecule has 0 saturated heterocycles. The van der Waals surface area contributed by atoms with Crippen LogP contribution in [-0.2, 0) is 12.7 Å². The zero-order valence-corrected chi connectivity index (χ0v) is 23.6. The van der Waals surface area contributed by atoms with Crippen LogP contribution < -0.4 is 5.32 Å². The van der Waals surface area contributed by atoms with Crippen LogP contribution in [0.25, 0.3) is 22.0 Å². The number of aryl methyl sites for hydroxylation is 1. The Morgan fingerprint density at radius 2 is 1.63 bits per heavy atom. The van der Waals surface area contributed by atoms with E-state index >= 15 is 0 Å². The van der Waals surface area contributed by atoms with E-state index in [1.165, 1.54) is 6.92 Å². The monoisotopic (exact) mass is 588 g/mol. The predicted octanol–water partition coefficient (Wildman–Crippen LogP) is 8.32. The molecule has 2 N–H and O–H groups in total. The lowest BCUT2D eigenvalue weighted by Gasteiger charge is -2.20. The zero-order chi connectivity index (χ0) is 31.1. The van der Waals surface area contributed by atoms with Crippen LogP contribution in [0.15, 0.2) is 84.9 Å². The van der Waals surface area contributed by atoms with Crippen molar-refractivity contribution in [1.82, 2.24) is 9.88 Å². The lowest BCUT2D eigenvalue weighted by atomic mass is 9.99. The van der Waals surface area contributed by atoms with Crippen molar-refractivity contribution >= 4 is 22.8 Å². The molecule has 9 heteroatoms. The van der Waals surface area contributed by atoms with Gasteiger partial charge in [-0.3, -0.25) is 4.79 Å². The van der Waals surface area contributed by atoms with Crippen molar-refractivity contribution in [1.29, 1.82) is 0 Å². The number of rotatable bonds is 7. The van der Waals surface area contributed by atoms with Crippen LogP contribution in [0.3, 0.4) is 0 Å². The molecule has 0 aliphatic carbocycles. The van der Waals surface area contributed by atoms with E-state index in [-0.39, 0.29) is 16.7 Å². The Morgan fingerprint density at radius 1 is 0.930 bits per heavy atom. The van der Waals surface area contributed by atoms with E-state index < -0.39 is 35.5 Å². The van der Waals surface area contributed by atoms with Crippen molar-refractivity contribution in [3.8, 4) is 11.1 Å². The van der Waals surface area contributed by atoms with E-state index in [0.29, 0.717) is 18.2 Å². The number of carbonyl (C=O) groups is 2. The molecule has 0 aliphatic rings. The fraction of sp³-hybridized carbons (Fsp3) is 0.176. The third-order valence-corrected chi connectivity index (χ3v) is 7.80. The third kappa shape index (κ3) is 5.88. The minimum atomic E-state index is -4.69. The molecule has 220 valence electrons. The van der Waals surface area contributed by atoms with Gasteiger partial charge in [0.25, 0.3) is 5.91 Å². The number of halogens is 4. The minimum absolute atomic E-state index is 0.226. The van der Waals surface area contributed by atoms with Gasteiger partial charge in [0, 0.05) is 28.7 Å². The number of carboxylic acids is 1. The second-order valence-corrected chi connectivity index (χ2v) is 10.5. The Bertz CT molecular complexity index is 1860. The van der Waals surface area contributed by atoms with Gasteiger partial charge in [0.15, 0.2) is 0 Å². The summed E-state index contributed by atoms with van der Waals surface area (Å²) in [6.07, 6.45) is -4.69. The number of carbonyl (C=O) groups excluding carboxylic acids is 1. The number of hydrogen-bond donors (Lipinski definition) is 2. The minimum Gasteiger partial charge on any atom is -0.478 e. The van der Waals surface area contributed by atoms with Crippen molar-refractivity contribution in [3.63, 3.8) is 0 Å². The first-order valence-corrected chi connectivity index (χ1v) is 13.5. The van der Waals surface area contributed by atoms with Crippen LogP contribution in [-0.4, -0.2) is 21.6 Å². The van der Waals surface area contributed by atoms with E-state index in [9.17, 15) is 32.3 Å². The van der Waals surface area contributed by atoms with Crippen molar-refractivity contribution in [3.05, 3.63) is 130 Å². The summed E-state index contributed by atoms with van der Waals surface area (Å²) in [7, 11) is 0. The largest absolute Gasteiger partial charge is 0.478 e. The average Bonchev–Trinajstić information content (AvgIpc) is 3.21. The van der Waals surface area contributed by atoms with Crippen molar-refractivity contribution < 1.29 is 32.3 Å². The Morgan fingerprint density at radius 3 is 2.30 bits per heavy atom. The van der Waals surface area contributed by atoms with E-state index in [4.69, 9.17) is 0 Å². The number of nitrogens with zero attached hydrogens (tertiary/aromatic N) is 1. The van der Waals surface area contributed by atoms with E-state index in [2.05, 4.69) is 9.88 Å². The van der Waals surface area contributed by atoms with Gasteiger partial charge in [-0.2, -0.15) is 13.2 Å². The van der Waals surface area contributed by atoms with Crippen molar-refractivity contribution in [2.24, 2.45) is 0 Å². The summed E-state index contributed by atoms with van der Waals surface area (Å²) < 4.78 is 56.4.